The lowest BCUT2D eigenvalue weighted by Gasteiger charge is -2.09. The van der Waals surface area contributed by atoms with Crippen molar-refractivity contribution in [1.29, 1.82) is 0 Å². The smallest absolute Gasteiger partial charge is 0.127 e. The monoisotopic (exact) mass is 287 g/mol. The fraction of sp³-hybridized carbons (Fsp3) is 0.0526. The number of para-hydroxylation sites is 1. The molecule has 0 amide bonds. The Morgan fingerprint density at radius 1 is 0.667 bits per heavy atom. The summed E-state index contributed by atoms with van der Waals surface area (Å²) in [5.74, 6) is 1.70. The quantitative estimate of drug-likeness (QED) is 0.625. The summed E-state index contributed by atoms with van der Waals surface area (Å²) in [6.07, 6.45) is 0. The van der Waals surface area contributed by atoms with E-state index in [-0.39, 0.29) is 0 Å². The zero-order valence-corrected chi connectivity index (χ0v) is 12.6. The van der Waals surface area contributed by atoms with Crippen molar-refractivity contribution in [3.05, 3.63) is 84.4 Å². The summed E-state index contributed by atoms with van der Waals surface area (Å²) >= 11 is 0. The Labute approximate surface area is 128 Å². The third kappa shape index (κ3) is 3.23. The van der Waals surface area contributed by atoms with Crippen molar-refractivity contribution in [1.82, 2.24) is 0 Å². The third-order valence-corrected chi connectivity index (χ3v) is 3.73. The number of benzene rings is 3. The van der Waals surface area contributed by atoms with Crippen LogP contribution in [0.4, 0.5) is 0 Å². The van der Waals surface area contributed by atoms with E-state index in [2.05, 4.69) is 46.6 Å². The minimum Gasteiger partial charge on any atom is -0.457 e. The fourth-order valence-electron chi connectivity index (χ4n) is 2.28. The molecule has 1 nitrogen and oxygen atoms in total. The summed E-state index contributed by atoms with van der Waals surface area (Å²) in [4.78, 5) is 0. The summed E-state index contributed by atoms with van der Waals surface area (Å²) < 4.78 is 5.82. The molecule has 0 aliphatic carbocycles. The van der Waals surface area contributed by atoms with E-state index in [4.69, 9.17) is 4.74 Å². The Balaban J connectivity index is 1.84. The van der Waals surface area contributed by atoms with Crippen LogP contribution in [0.3, 0.4) is 0 Å². The van der Waals surface area contributed by atoms with E-state index in [1.165, 1.54) is 16.7 Å². The first kappa shape index (κ1) is 13.7. The predicted octanol–water partition coefficient (Wildman–Crippen LogP) is 4.81. The van der Waals surface area contributed by atoms with Gasteiger partial charge in [-0.1, -0.05) is 54.6 Å². The second-order valence-electron chi connectivity index (χ2n) is 4.77. The van der Waals surface area contributed by atoms with Gasteiger partial charge in [0.25, 0.3) is 0 Å². The Morgan fingerprint density at radius 2 is 1.29 bits per heavy atom. The third-order valence-electron chi connectivity index (χ3n) is 3.35. The summed E-state index contributed by atoms with van der Waals surface area (Å²) in [7, 11) is 3.59. The van der Waals surface area contributed by atoms with Gasteiger partial charge in [0.15, 0.2) is 0 Å². The van der Waals surface area contributed by atoms with Crippen LogP contribution in [-0.2, 0) is 6.04 Å². The largest absolute Gasteiger partial charge is 0.457 e. The normalized spacial score (nSPS) is 10.3. The second-order valence-corrected chi connectivity index (χ2v) is 5.13. The highest BCUT2D eigenvalue weighted by atomic mass is 28.1. The van der Waals surface area contributed by atoms with Gasteiger partial charge in [-0.25, -0.2) is 0 Å². The van der Waals surface area contributed by atoms with Crippen molar-refractivity contribution in [2.24, 2.45) is 0 Å². The van der Waals surface area contributed by atoms with Crippen LogP contribution in [0, 0.1) is 0 Å². The maximum atomic E-state index is 5.82. The maximum Gasteiger partial charge on any atom is 0.127 e. The van der Waals surface area contributed by atoms with Gasteiger partial charge >= 0.3 is 0 Å². The van der Waals surface area contributed by atoms with Crippen LogP contribution in [0.5, 0.6) is 11.5 Å². The highest BCUT2D eigenvalue weighted by Crippen LogP contribution is 2.27. The average Bonchev–Trinajstić information content (AvgIpc) is 2.56. The summed E-state index contributed by atoms with van der Waals surface area (Å²) in [5, 5.41) is 0. The van der Waals surface area contributed by atoms with Crippen molar-refractivity contribution in [2.45, 2.75) is 6.04 Å². The van der Waals surface area contributed by atoms with Gasteiger partial charge in [0, 0.05) is 10.2 Å². The molecule has 0 aromatic heterocycles. The molecule has 2 heteroatoms. The fourth-order valence-corrected chi connectivity index (χ4v) is 2.59. The molecule has 3 rings (SSSR count). The Morgan fingerprint density at radius 3 is 2.00 bits per heavy atom. The molecule has 21 heavy (non-hydrogen) atoms. The van der Waals surface area contributed by atoms with Gasteiger partial charge in [-0.3, -0.25) is 0 Å². The molecule has 0 bridgehead atoms. The van der Waals surface area contributed by atoms with E-state index in [1.807, 2.05) is 42.5 Å². The molecule has 101 valence electrons. The van der Waals surface area contributed by atoms with E-state index in [0.717, 1.165) is 17.5 Å². The van der Waals surface area contributed by atoms with Crippen LogP contribution < -0.4 is 4.74 Å². The molecular formula is C19H15OSi. The second kappa shape index (κ2) is 6.42. The molecule has 0 aliphatic heterocycles. The molecule has 0 fully saturated rings. The van der Waals surface area contributed by atoms with Crippen LogP contribution >= 0.6 is 0 Å². The van der Waals surface area contributed by atoms with Crippen LogP contribution in [0.1, 0.15) is 5.56 Å². The number of ether oxygens (including phenoxy) is 1. The molecule has 0 spiro atoms. The summed E-state index contributed by atoms with van der Waals surface area (Å²) in [6, 6.07) is 27.3. The van der Waals surface area contributed by atoms with Gasteiger partial charge in [-0.2, -0.15) is 0 Å². The predicted molar refractivity (Wildman–Crippen MR) is 87.9 cm³/mol. The number of hydrogen-bond acceptors (Lipinski definition) is 1. The minimum atomic E-state index is 0.846. The molecule has 0 heterocycles. The number of hydrogen-bond donors (Lipinski definition) is 0. The lowest BCUT2D eigenvalue weighted by Crippen LogP contribution is -1.89. The van der Waals surface area contributed by atoms with Crippen LogP contribution in [0.15, 0.2) is 78.9 Å². The van der Waals surface area contributed by atoms with Crippen molar-refractivity contribution in [3.8, 4) is 22.6 Å². The zero-order valence-electron chi connectivity index (χ0n) is 11.6. The van der Waals surface area contributed by atoms with E-state index >= 15 is 0 Å². The van der Waals surface area contributed by atoms with E-state index in [9.17, 15) is 0 Å². The lowest BCUT2D eigenvalue weighted by molar-refractivity contribution is 0.483. The van der Waals surface area contributed by atoms with Gasteiger partial charge in [-0.05, 0) is 47.0 Å². The molecule has 0 N–H and O–H groups in total. The number of rotatable bonds is 4. The summed E-state index contributed by atoms with van der Waals surface area (Å²) in [6.45, 7) is 0. The van der Waals surface area contributed by atoms with Gasteiger partial charge in [0.2, 0.25) is 0 Å². The lowest BCUT2D eigenvalue weighted by atomic mass is 10.0. The minimum absolute atomic E-state index is 0.846. The summed E-state index contributed by atoms with van der Waals surface area (Å²) in [5.41, 5.74) is 3.73. The molecule has 0 saturated carbocycles. The van der Waals surface area contributed by atoms with Gasteiger partial charge in [-0.15, -0.1) is 0 Å². The van der Waals surface area contributed by atoms with Crippen LogP contribution in [0.25, 0.3) is 11.1 Å². The SMILES string of the molecule is [Si]Cc1ccccc1-c1ccc(Oc2ccccc2)cc1. The van der Waals surface area contributed by atoms with E-state index in [1.54, 1.807) is 0 Å². The molecule has 3 aromatic carbocycles. The van der Waals surface area contributed by atoms with Crippen molar-refractivity contribution < 1.29 is 4.74 Å². The Bertz CT molecular complexity index is 705. The maximum absolute atomic E-state index is 5.82. The Kier molecular flexibility index (Phi) is 4.17. The van der Waals surface area contributed by atoms with E-state index < -0.39 is 0 Å². The van der Waals surface area contributed by atoms with Crippen LogP contribution in [0.2, 0.25) is 0 Å². The molecule has 3 radical (unpaired) electrons. The molecule has 0 aliphatic rings. The average molecular weight is 287 g/mol. The zero-order chi connectivity index (χ0) is 14.5. The van der Waals surface area contributed by atoms with Gasteiger partial charge in [0.05, 0.1) is 0 Å². The molecule has 0 saturated heterocycles. The highest BCUT2D eigenvalue weighted by molar-refractivity contribution is 6.09. The van der Waals surface area contributed by atoms with Gasteiger partial charge in [0.1, 0.15) is 11.5 Å². The van der Waals surface area contributed by atoms with Crippen LogP contribution in [-0.4, -0.2) is 10.2 Å². The first-order valence-corrected chi connectivity index (χ1v) is 7.63. The topological polar surface area (TPSA) is 9.23 Å². The van der Waals surface area contributed by atoms with Crippen molar-refractivity contribution in [2.75, 3.05) is 0 Å². The molecule has 0 atom stereocenters. The molecule has 3 aromatic rings. The standard InChI is InChI=1S/C19H15OSi/c21-14-16-6-4-5-9-19(16)15-10-12-18(13-11-15)20-17-7-2-1-3-8-17/h1-13H,14H2. The van der Waals surface area contributed by atoms with E-state index in [0.29, 0.717) is 0 Å². The first-order chi connectivity index (χ1) is 10.4. The Hall–Kier alpha value is -2.32. The van der Waals surface area contributed by atoms with Crippen molar-refractivity contribution >= 4 is 10.2 Å². The molecular weight excluding hydrogens is 272 g/mol. The van der Waals surface area contributed by atoms with Crippen molar-refractivity contribution in [3.63, 3.8) is 0 Å². The van der Waals surface area contributed by atoms with Gasteiger partial charge < -0.3 is 4.74 Å². The first-order valence-electron chi connectivity index (χ1n) is 6.92. The highest BCUT2D eigenvalue weighted by Gasteiger charge is 2.03. The molecule has 0 unspecified atom stereocenters.